The number of rotatable bonds is 5. The fourth-order valence-electron chi connectivity index (χ4n) is 3.43. The summed E-state index contributed by atoms with van der Waals surface area (Å²) in [4.78, 5) is 25.2. The van der Waals surface area contributed by atoms with Crippen molar-refractivity contribution >= 4 is 22.2 Å². The molecule has 0 aliphatic carbocycles. The fourth-order valence-corrected chi connectivity index (χ4v) is 4.89. The van der Waals surface area contributed by atoms with Crippen LogP contribution in [0.2, 0.25) is 0 Å². The molecule has 1 amide bonds. The maximum Gasteiger partial charge on any atom is 0.253 e. The van der Waals surface area contributed by atoms with Crippen molar-refractivity contribution in [2.45, 2.75) is 4.90 Å². The highest BCUT2D eigenvalue weighted by Gasteiger charge is 2.30. The molecule has 1 aliphatic rings. The number of carbonyl (C=O) groups excluding carboxylic acids is 2. The van der Waals surface area contributed by atoms with Crippen molar-refractivity contribution in [3.63, 3.8) is 0 Å². The maximum atomic E-state index is 13.1. The molecule has 7 nitrogen and oxygen atoms in total. The Labute approximate surface area is 174 Å². The van der Waals surface area contributed by atoms with E-state index in [0.717, 1.165) is 0 Å². The first kappa shape index (κ1) is 20.1. The van der Waals surface area contributed by atoms with Crippen LogP contribution in [0.4, 0.5) is 0 Å². The molecule has 0 N–H and O–H groups in total. The van der Waals surface area contributed by atoms with Gasteiger partial charge in [0.1, 0.15) is 5.76 Å². The quantitative estimate of drug-likeness (QED) is 0.588. The Morgan fingerprint density at radius 2 is 1.63 bits per heavy atom. The van der Waals surface area contributed by atoms with Gasteiger partial charge in [0, 0.05) is 37.3 Å². The van der Waals surface area contributed by atoms with Gasteiger partial charge in [-0.15, -0.1) is 0 Å². The molecule has 1 aliphatic heterocycles. The lowest BCUT2D eigenvalue weighted by atomic mass is 10.2. The predicted octanol–water partition coefficient (Wildman–Crippen LogP) is 2.91. The number of furan rings is 1. The average Bonchev–Trinajstić information content (AvgIpc) is 3.29. The topological polar surface area (TPSA) is 87.9 Å². The summed E-state index contributed by atoms with van der Waals surface area (Å²) in [5, 5.41) is 0. The number of benzene rings is 2. The lowest BCUT2D eigenvalue weighted by Gasteiger charge is -2.34. The van der Waals surface area contributed by atoms with Crippen molar-refractivity contribution in [2.24, 2.45) is 0 Å². The van der Waals surface area contributed by atoms with Gasteiger partial charge in [0.25, 0.3) is 5.91 Å². The molecule has 1 aromatic heterocycles. The van der Waals surface area contributed by atoms with E-state index in [1.54, 1.807) is 47.4 Å². The van der Waals surface area contributed by atoms with Gasteiger partial charge >= 0.3 is 0 Å². The Morgan fingerprint density at radius 3 is 2.30 bits per heavy atom. The predicted molar refractivity (Wildman–Crippen MR) is 111 cm³/mol. The van der Waals surface area contributed by atoms with Gasteiger partial charge in [-0.1, -0.05) is 30.3 Å². The van der Waals surface area contributed by atoms with Gasteiger partial charge in [-0.3, -0.25) is 9.59 Å². The SMILES string of the molecule is O=Cc1ccc(-c2cccc(S(=O)(=O)N3CCN(C(=O)c4ccccc4)CC3)c2)o1. The van der Waals surface area contributed by atoms with E-state index >= 15 is 0 Å². The van der Waals surface area contributed by atoms with Gasteiger partial charge < -0.3 is 9.32 Å². The molecule has 0 atom stereocenters. The lowest BCUT2D eigenvalue weighted by Crippen LogP contribution is -2.50. The van der Waals surface area contributed by atoms with Gasteiger partial charge in [-0.05, 0) is 36.4 Å². The standard InChI is InChI=1S/C22H20N2O5S/c25-16-19-9-10-21(29-19)18-7-4-8-20(15-18)30(27,28)24-13-11-23(12-14-24)22(26)17-5-2-1-3-6-17/h1-10,15-16H,11-14H2. The van der Waals surface area contributed by atoms with Gasteiger partial charge in [-0.25, -0.2) is 8.42 Å². The van der Waals surface area contributed by atoms with E-state index in [9.17, 15) is 18.0 Å². The van der Waals surface area contributed by atoms with E-state index in [4.69, 9.17) is 4.42 Å². The molecule has 30 heavy (non-hydrogen) atoms. The van der Waals surface area contributed by atoms with Crippen molar-refractivity contribution in [1.82, 2.24) is 9.21 Å². The Kier molecular flexibility index (Phi) is 5.52. The molecule has 8 heteroatoms. The first-order chi connectivity index (χ1) is 14.5. The van der Waals surface area contributed by atoms with E-state index in [-0.39, 0.29) is 29.7 Å². The molecule has 0 saturated carbocycles. The minimum Gasteiger partial charge on any atom is -0.453 e. The minimum absolute atomic E-state index is 0.0987. The summed E-state index contributed by atoms with van der Waals surface area (Å²) in [6, 6.07) is 18.5. The van der Waals surface area contributed by atoms with Gasteiger partial charge in [0.15, 0.2) is 12.0 Å². The van der Waals surface area contributed by atoms with Crippen LogP contribution < -0.4 is 0 Å². The lowest BCUT2D eigenvalue weighted by molar-refractivity contribution is 0.0698. The molecule has 1 fully saturated rings. The Morgan fingerprint density at radius 1 is 0.900 bits per heavy atom. The van der Waals surface area contributed by atoms with Gasteiger partial charge in [0.05, 0.1) is 4.90 Å². The van der Waals surface area contributed by atoms with Crippen molar-refractivity contribution in [3.05, 3.63) is 78.1 Å². The summed E-state index contributed by atoms with van der Waals surface area (Å²) in [5.74, 6) is 0.503. The second kappa shape index (κ2) is 8.25. The zero-order valence-electron chi connectivity index (χ0n) is 16.1. The summed E-state index contributed by atoms with van der Waals surface area (Å²) in [6.07, 6.45) is 0.598. The summed E-state index contributed by atoms with van der Waals surface area (Å²) < 4.78 is 33.0. The van der Waals surface area contributed by atoms with Crippen molar-refractivity contribution in [1.29, 1.82) is 0 Å². The van der Waals surface area contributed by atoms with E-state index in [1.807, 2.05) is 6.07 Å². The van der Waals surface area contributed by atoms with Gasteiger partial charge in [-0.2, -0.15) is 4.31 Å². The highest BCUT2D eigenvalue weighted by atomic mass is 32.2. The number of aldehydes is 1. The summed E-state index contributed by atoms with van der Waals surface area (Å²) in [7, 11) is -3.72. The fraction of sp³-hybridized carbons (Fsp3) is 0.182. The van der Waals surface area contributed by atoms with Gasteiger partial charge in [0.2, 0.25) is 10.0 Å². The third-order valence-corrected chi connectivity index (χ3v) is 6.94. The van der Waals surface area contributed by atoms with Crippen LogP contribution in [0.25, 0.3) is 11.3 Å². The highest BCUT2D eigenvalue weighted by Crippen LogP contribution is 2.26. The van der Waals surface area contributed by atoms with E-state index in [0.29, 0.717) is 36.3 Å². The number of carbonyl (C=O) groups is 2. The molecule has 0 unspecified atom stereocenters. The zero-order valence-corrected chi connectivity index (χ0v) is 16.9. The maximum absolute atomic E-state index is 13.1. The molecule has 3 aromatic rings. The number of nitrogens with zero attached hydrogens (tertiary/aromatic N) is 2. The van der Waals surface area contributed by atoms with Crippen LogP contribution in [0.1, 0.15) is 20.9 Å². The third kappa shape index (κ3) is 3.92. The number of hydrogen-bond donors (Lipinski definition) is 0. The Bertz CT molecular complexity index is 1160. The molecular formula is C22H20N2O5S. The first-order valence-corrected chi connectivity index (χ1v) is 10.9. The van der Waals surface area contributed by atoms with Crippen LogP contribution in [-0.4, -0.2) is 56.0 Å². The molecule has 154 valence electrons. The van der Waals surface area contributed by atoms with E-state index in [1.165, 1.54) is 22.5 Å². The van der Waals surface area contributed by atoms with Crippen LogP contribution >= 0.6 is 0 Å². The molecule has 4 rings (SSSR count). The Hall–Kier alpha value is -3.23. The Balaban J connectivity index is 1.49. The van der Waals surface area contributed by atoms with Crippen LogP contribution in [0, 0.1) is 0 Å². The normalized spacial score (nSPS) is 15.1. The van der Waals surface area contributed by atoms with E-state index < -0.39 is 10.0 Å². The van der Waals surface area contributed by atoms with Crippen molar-refractivity contribution in [3.8, 4) is 11.3 Å². The molecule has 1 saturated heterocycles. The molecular weight excluding hydrogens is 404 g/mol. The average molecular weight is 424 g/mol. The van der Waals surface area contributed by atoms with Crippen LogP contribution in [0.3, 0.4) is 0 Å². The molecule has 2 heterocycles. The number of amides is 1. The largest absolute Gasteiger partial charge is 0.453 e. The molecule has 0 radical (unpaired) electrons. The number of piperazine rings is 1. The third-order valence-electron chi connectivity index (χ3n) is 5.05. The zero-order chi connectivity index (χ0) is 21.1. The van der Waals surface area contributed by atoms with Crippen molar-refractivity contribution in [2.75, 3.05) is 26.2 Å². The number of hydrogen-bond acceptors (Lipinski definition) is 5. The smallest absolute Gasteiger partial charge is 0.253 e. The summed E-state index contributed by atoms with van der Waals surface area (Å²) >= 11 is 0. The monoisotopic (exact) mass is 424 g/mol. The second-order valence-electron chi connectivity index (χ2n) is 6.91. The highest BCUT2D eigenvalue weighted by molar-refractivity contribution is 7.89. The van der Waals surface area contributed by atoms with Crippen molar-refractivity contribution < 1.29 is 22.4 Å². The second-order valence-corrected chi connectivity index (χ2v) is 8.85. The molecule has 0 bridgehead atoms. The summed E-state index contributed by atoms with van der Waals surface area (Å²) in [6.45, 7) is 1.10. The van der Waals surface area contributed by atoms with Crippen LogP contribution in [0.15, 0.2) is 76.0 Å². The first-order valence-electron chi connectivity index (χ1n) is 9.49. The van der Waals surface area contributed by atoms with Crippen LogP contribution in [0.5, 0.6) is 0 Å². The number of sulfonamides is 1. The molecule has 2 aromatic carbocycles. The van der Waals surface area contributed by atoms with Crippen LogP contribution in [-0.2, 0) is 10.0 Å². The van der Waals surface area contributed by atoms with E-state index in [2.05, 4.69) is 0 Å². The minimum atomic E-state index is -3.72. The molecule has 0 spiro atoms. The summed E-state index contributed by atoms with van der Waals surface area (Å²) in [5.41, 5.74) is 1.16.